The number of unbranched alkanes of at least 4 members (excludes halogenated alkanes) is 11. The predicted octanol–water partition coefficient (Wildman–Crippen LogP) is 4.30. The second-order valence-corrected chi connectivity index (χ2v) is 7.59. The van der Waals surface area contributed by atoms with E-state index < -0.39 is 37.4 Å². The molecule has 0 saturated heterocycles. The van der Waals surface area contributed by atoms with Gasteiger partial charge in [-0.05, 0) is 12.8 Å². The van der Waals surface area contributed by atoms with E-state index in [0.717, 1.165) is 19.3 Å². The van der Waals surface area contributed by atoms with Crippen molar-refractivity contribution in [2.24, 2.45) is 0 Å². The average Bonchev–Trinajstić information content (AvgIpc) is 2.66. The van der Waals surface area contributed by atoms with E-state index in [9.17, 15) is 9.59 Å². The summed E-state index contributed by atoms with van der Waals surface area (Å²) in [7, 11) is 0. The number of carbonyl (C=O) groups is 2. The number of hydrogen-bond donors (Lipinski definition) is 2. The standard InChI is InChI=1S/C22H42O6/c1-3-4-5-6-7-8-9-10-11-12-13-14-15-20(27-19(2)25)16-22(26)28-21(17-23)18-24/h20-21,23-24H,3-18H2,1-2H3/t20-/m1/s1. The van der Waals surface area contributed by atoms with E-state index in [4.69, 9.17) is 19.7 Å². The first kappa shape index (κ1) is 26.9. The Morgan fingerprint density at radius 1 is 0.714 bits per heavy atom. The van der Waals surface area contributed by atoms with Crippen molar-refractivity contribution in [1.29, 1.82) is 0 Å². The first-order valence-electron chi connectivity index (χ1n) is 11.1. The molecule has 2 N–H and O–H groups in total. The van der Waals surface area contributed by atoms with Crippen LogP contribution in [0, 0.1) is 0 Å². The monoisotopic (exact) mass is 402 g/mol. The van der Waals surface area contributed by atoms with Gasteiger partial charge in [-0.1, -0.05) is 77.6 Å². The average molecular weight is 403 g/mol. The quantitative estimate of drug-likeness (QED) is 0.247. The highest BCUT2D eigenvalue weighted by Crippen LogP contribution is 2.15. The SMILES string of the molecule is CCCCCCCCCCCCCC[C@H](CC(=O)OC(CO)CO)OC(C)=O. The summed E-state index contributed by atoms with van der Waals surface area (Å²) in [6.45, 7) is 2.70. The first-order valence-corrected chi connectivity index (χ1v) is 11.1. The zero-order valence-corrected chi connectivity index (χ0v) is 18.0. The van der Waals surface area contributed by atoms with Gasteiger partial charge in [0, 0.05) is 6.92 Å². The fourth-order valence-electron chi connectivity index (χ4n) is 3.20. The van der Waals surface area contributed by atoms with Crippen LogP contribution in [-0.2, 0) is 19.1 Å². The van der Waals surface area contributed by atoms with Crippen LogP contribution in [0.3, 0.4) is 0 Å². The van der Waals surface area contributed by atoms with Crippen molar-refractivity contribution >= 4 is 11.9 Å². The third-order valence-corrected chi connectivity index (χ3v) is 4.81. The second kappa shape index (κ2) is 19.2. The summed E-state index contributed by atoms with van der Waals surface area (Å²) in [4.78, 5) is 23.1. The van der Waals surface area contributed by atoms with Crippen molar-refractivity contribution in [3.8, 4) is 0 Å². The van der Waals surface area contributed by atoms with E-state index in [-0.39, 0.29) is 6.42 Å². The van der Waals surface area contributed by atoms with E-state index >= 15 is 0 Å². The number of hydrogen-bond acceptors (Lipinski definition) is 6. The highest BCUT2D eigenvalue weighted by Gasteiger charge is 2.20. The molecule has 0 unspecified atom stereocenters. The number of aliphatic hydroxyl groups excluding tert-OH is 2. The summed E-state index contributed by atoms with van der Waals surface area (Å²) in [5, 5.41) is 17.9. The number of esters is 2. The zero-order chi connectivity index (χ0) is 21.0. The van der Waals surface area contributed by atoms with Gasteiger partial charge in [0.25, 0.3) is 0 Å². The Morgan fingerprint density at radius 2 is 1.18 bits per heavy atom. The van der Waals surface area contributed by atoms with Crippen LogP contribution < -0.4 is 0 Å². The van der Waals surface area contributed by atoms with Crippen molar-refractivity contribution in [2.45, 2.75) is 116 Å². The molecule has 0 aromatic rings. The predicted molar refractivity (Wildman–Crippen MR) is 110 cm³/mol. The maximum atomic E-state index is 11.8. The first-order chi connectivity index (χ1) is 13.5. The van der Waals surface area contributed by atoms with Gasteiger partial charge < -0.3 is 19.7 Å². The molecule has 0 amide bonds. The summed E-state index contributed by atoms with van der Waals surface area (Å²) in [5.74, 6) is -0.990. The van der Waals surface area contributed by atoms with Crippen LogP contribution in [0.1, 0.15) is 104 Å². The van der Waals surface area contributed by atoms with Crippen molar-refractivity contribution < 1.29 is 29.3 Å². The van der Waals surface area contributed by atoms with Gasteiger partial charge in [-0.2, -0.15) is 0 Å². The molecule has 0 saturated carbocycles. The summed E-state index contributed by atoms with van der Waals surface area (Å²) in [6, 6.07) is 0. The molecule has 1 atom stereocenters. The molecule has 0 spiro atoms. The fourth-order valence-corrected chi connectivity index (χ4v) is 3.20. The fraction of sp³-hybridized carbons (Fsp3) is 0.909. The van der Waals surface area contributed by atoms with E-state index in [0.29, 0.717) is 6.42 Å². The zero-order valence-electron chi connectivity index (χ0n) is 18.0. The van der Waals surface area contributed by atoms with Crippen LogP contribution in [0.4, 0.5) is 0 Å². The van der Waals surface area contributed by atoms with E-state index in [1.54, 1.807) is 0 Å². The molecule has 6 heteroatoms. The van der Waals surface area contributed by atoms with Gasteiger partial charge in [0.15, 0.2) is 0 Å². The van der Waals surface area contributed by atoms with Crippen LogP contribution in [0.2, 0.25) is 0 Å². The van der Waals surface area contributed by atoms with Gasteiger partial charge >= 0.3 is 11.9 Å². The van der Waals surface area contributed by atoms with Gasteiger partial charge in [0.2, 0.25) is 0 Å². The van der Waals surface area contributed by atoms with Crippen molar-refractivity contribution in [3.05, 3.63) is 0 Å². The minimum atomic E-state index is -0.919. The normalized spacial score (nSPS) is 12.2. The van der Waals surface area contributed by atoms with E-state index in [1.807, 2.05) is 0 Å². The van der Waals surface area contributed by atoms with Crippen LogP contribution >= 0.6 is 0 Å². The van der Waals surface area contributed by atoms with E-state index in [1.165, 1.54) is 64.7 Å². The van der Waals surface area contributed by atoms with Crippen LogP contribution in [0.15, 0.2) is 0 Å². The second-order valence-electron chi connectivity index (χ2n) is 7.59. The Labute approximate surface area is 171 Å². The Hall–Kier alpha value is -1.14. The lowest BCUT2D eigenvalue weighted by Crippen LogP contribution is -2.29. The molecule has 0 aromatic heterocycles. The molecule has 28 heavy (non-hydrogen) atoms. The Bertz CT molecular complexity index is 381. The molecular weight excluding hydrogens is 360 g/mol. The summed E-state index contributed by atoms with van der Waals surface area (Å²) >= 11 is 0. The summed E-state index contributed by atoms with van der Waals surface area (Å²) in [5.41, 5.74) is 0. The minimum Gasteiger partial charge on any atom is -0.462 e. The maximum absolute atomic E-state index is 11.8. The highest BCUT2D eigenvalue weighted by molar-refractivity contribution is 5.71. The van der Waals surface area contributed by atoms with Crippen molar-refractivity contribution in [3.63, 3.8) is 0 Å². The molecule has 0 bridgehead atoms. The summed E-state index contributed by atoms with van der Waals surface area (Å²) in [6.07, 6.45) is 14.1. The minimum absolute atomic E-state index is 0.0475. The Morgan fingerprint density at radius 3 is 1.61 bits per heavy atom. The molecule has 166 valence electrons. The van der Waals surface area contributed by atoms with Crippen LogP contribution in [0.25, 0.3) is 0 Å². The molecule has 0 rings (SSSR count). The maximum Gasteiger partial charge on any atom is 0.309 e. The smallest absolute Gasteiger partial charge is 0.309 e. The van der Waals surface area contributed by atoms with Gasteiger partial charge in [0.05, 0.1) is 19.6 Å². The third kappa shape index (κ3) is 17.0. The molecule has 6 nitrogen and oxygen atoms in total. The van der Waals surface area contributed by atoms with Crippen LogP contribution in [-0.4, -0.2) is 47.6 Å². The molecule has 0 aliphatic carbocycles. The molecule has 0 aliphatic rings. The molecule has 0 aliphatic heterocycles. The largest absolute Gasteiger partial charge is 0.462 e. The van der Waals surface area contributed by atoms with Crippen LogP contribution in [0.5, 0.6) is 0 Å². The lowest BCUT2D eigenvalue weighted by molar-refractivity contribution is -0.160. The number of aliphatic hydroxyl groups is 2. The number of carbonyl (C=O) groups excluding carboxylic acids is 2. The Kier molecular flexibility index (Phi) is 18.4. The lowest BCUT2D eigenvalue weighted by Gasteiger charge is -2.18. The molecule has 0 radical (unpaired) electrons. The van der Waals surface area contributed by atoms with Crippen molar-refractivity contribution in [2.75, 3.05) is 13.2 Å². The highest BCUT2D eigenvalue weighted by atomic mass is 16.6. The third-order valence-electron chi connectivity index (χ3n) is 4.81. The molecule has 0 aromatic carbocycles. The lowest BCUT2D eigenvalue weighted by atomic mass is 10.0. The molecule has 0 fully saturated rings. The van der Waals surface area contributed by atoms with Gasteiger partial charge in [0.1, 0.15) is 12.2 Å². The van der Waals surface area contributed by atoms with Gasteiger partial charge in [-0.25, -0.2) is 0 Å². The van der Waals surface area contributed by atoms with Crippen molar-refractivity contribution in [1.82, 2.24) is 0 Å². The molecular formula is C22H42O6. The number of rotatable bonds is 19. The summed E-state index contributed by atoms with van der Waals surface area (Å²) < 4.78 is 10.1. The topological polar surface area (TPSA) is 93.1 Å². The van der Waals surface area contributed by atoms with Gasteiger partial charge in [-0.15, -0.1) is 0 Å². The van der Waals surface area contributed by atoms with E-state index in [2.05, 4.69) is 6.92 Å². The molecule has 0 heterocycles. The Balaban J connectivity index is 3.80. The number of ether oxygens (including phenoxy) is 2. The van der Waals surface area contributed by atoms with Gasteiger partial charge in [-0.3, -0.25) is 9.59 Å².